The highest BCUT2D eigenvalue weighted by molar-refractivity contribution is 5.95. The van der Waals surface area contributed by atoms with Crippen molar-refractivity contribution in [2.24, 2.45) is 21.5 Å². The van der Waals surface area contributed by atoms with Crippen molar-refractivity contribution in [3.8, 4) is 45.5 Å². The van der Waals surface area contributed by atoms with Crippen LogP contribution in [-0.2, 0) is 43.8 Å². The summed E-state index contributed by atoms with van der Waals surface area (Å²) in [5.41, 5.74) is 23.6. The molecule has 0 unspecified atom stereocenters. The van der Waals surface area contributed by atoms with Crippen LogP contribution in [0.4, 0.5) is 21.9 Å². The van der Waals surface area contributed by atoms with Crippen LogP contribution in [0.2, 0.25) is 0 Å². The van der Waals surface area contributed by atoms with Gasteiger partial charge in [0.1, 0.15) is 11.2 Å². The van der Waals surface area contributed by atoms with E-state index in [1.54, 1.807) is 41.1 Å². The summed E-state index contributed by atoms with van der Waals surface area (Å²) in [6.45, 7) is 11.8. The lowest BCUT2D eigenvalue weighted by atomic mass is 9.95. The predicted octanol–water partition coefficient (Wildman–Crippen LogP) is 5.03. The molecule has 0 saturated heterocycles. The number of nitrogens with zero attached hydrogens (tertiary/aromatic N) is 7. The molecule has 2 aliphatic rings. The van der Waals surface area contributed by atoms with E-state index in [9.17, 15) is 9.59 Å². The molecule has 0 fully saturated rings. The number of carbonyl (C=O) groups is 2. The summed E-state index contributed by atoms with van der Waals surface area (Å²) in [6, 6.07) is 16.5. The van der Waals surface area contributed by atoms with E-state index < -0.39 is 17.9 Å². The van der Waals surface area contributed by atoms with E-state index in [1.807, 2.05) is 90.1 Å². The van der Waals surface area contributed by atoms with Gasteiger partial charge in [-0.3, -0.25) is 28.0 Å². The van der Waals surface area contributed by atoms with Crippen molar-refractivity contribution in [3.05, 3.63) is 131 Å². The molecule has 6 aromatic rings. The van der Waals surface area contributed by atoms with Crippen LogP contribution in [0, 0.1) is 41.5 Å². The summed E-state index contributed by atoms with van der Waals surface area (Å²) < 4.78 is 29.0. The summed E-state index contributed by atoms with van der Waals surface area (Å²) in [7, 11) is 6.22. The van der Waals surface area contributed by atoms with Crippen molar-refractivity contribution in [1.29, 1.82) is 0 Å². The van der Waals surface area contributed by atoms with Crippen LogP contribution in [-0.4, -0.2) is 71.9 Å². The Bertz CT molecular complexity index is 3330. The van der Waals surface area contributed by atoms with E-state index in [0.717, 1.165) is 50.1 Å². The minimum Gasteiger partial charge on any atom is -0.493 e. The quantitative estimate of drug-likeness (QED) is 0.0985. The van der Waals surface area contributed by atoms with Gasteiger partial charge in [-0.05, 0) is 112 Å². The first-order valence-corrected chi connectivity index (χ1v) is 23.0. The molecule has 8 rings (SSSR count). The first kappa shape index (κ1) is 48.6. The second-order valence-corrected chi connectivity index (χ2v) is 17.9. The largest absolute Gasteiger partial charge is 0.493 e. The number of primary amides is 1. The van der Waals surface area contributed by atoms with E-state index in [2.05, 4.69) is 5.32 Å². The highest BCUT2D eigenvalue weighted by Gasteiger charge is 2.32. The number of hydrogen-bond acceptors (Lipinski definition) is 11. The Balaban J connectivity index is 1.44. The number of amides is 3. The fourth-order valence-corrected chi connectivity index (χ4v) is 10.0. The first-order chi connectivity index (χ1) is 33.5. The van der Waals surface area contributed by atoms with E-state index in [0.29, 0.717) is 82.6 Å². The van der Waals surface area contributed by atoms with Gasteiger partial charge in [0.05, 0.1) is 63.9 Å². The molecule has 366 valence electrons. The molecular formula is C52H60N10O8. The summed E-state index contributed by atoms with van der Waals surface area (Å²) >= 11 is 0. The number of carbonyl (C=O) groups excluding carboxylic acids is 2. The van der Waals surface area contributed by atoms with Gasteiger partial charge in [-0.2, -0.15) is 0 Å². The fourth-order valence-electron chi connectivity index (χ4n) is 10.0. The topological polar surface area (TPSA) is 217 Å². The zero-order valence-corrected chi connectivity index (χ0v) is 41.4. The molecule has 70 heavy (non-hydrogen) atoms. The summed E-state index contributed by atoms with van der Waals surface area (Å²) in [5, 5.41) is 2.56. The lowest BCUT2D eigenvalue weighted by Gasteiger charge is -2.32. The lowest BCUT2D eigenvalue weighted by molar-refractivity contribution is -0.110. The normalized spacial score (nSPS) is 13.4. The minimum absolute atomic E-state index is 0.0554. The van der Waals surface area contributed by atoms with Gasteiger partial charge in [0, 0.05) is 43.4 Å². The molecule has 0 aliphatic carbocycles. The van der Waals surface area contributed by atoms with Crippen LogP contribution in [0.1, 0.15) is 44.5 Å². The second-order valence-electron chi connectivity index (χ2n) is 17.9. The van der Waals surface area contributed by atoms with Crippen LogP contribution < -0.4 is 63.0 Å². The number of ether oxygens (including phenoxy) is 4. The van der Waals surface area contributed by atoms with Crippen molar-refractivity contribution in [1.82, 2.24) is 23.6 Å². The van der Waals surface area contributed by atoms with E-state index in [4.69, 9.17) is 40.4 Å². The van der Waals surface area contributed by atoms with Crippen LogP contribution in [0.5, 0.6) is 23.0 Å². The van der Waals surface area contributed by atoms with Gasteiger partial charge in [-0.15, -0.1) is 0 Å². The molecule has 4 heterocycles. The van der Waals surface area contributed by atoms with Crippen LogP contribution >= 0.6 is 0 Å². The van der Waals surface area contributed by atoms with Crippen molar-refractivity contribution >= 4 is 29.5 Å². The number of aromatic nitrogens is 4. The maximum atomic E-state index is 15.2. The Kier molecular flexibility index (Phi) is 13.6. The molecule has 2 aromatic heterocycles. The number of rotatable bonds is 14. The van der Waals surface area contributed by atoms with E-state index in [-0.39, 0.29) is 43.0 Å². The van der Waals surface area contributed by atoms with Gasteiger partial charge >= 0.3 is 17.4 Å². The third kappa shape index (κ3) is 8.85. The van der Waals surface area contributed by atoms with Crippen molar-refractivity contribution in [2.75, 3.05) is 39.9 Å². The number of aryl methyl sites for hydroxylation is 8. The van der Waals surface area contributed by atoms with Crippen molar-refractivity contribution < 1.29 is 28.5 Å². The molecular weight excluding hydrogens is 893 g/mol. The number of nitrogens with one attached hydrogen (secondary N) is 1. The number of methoxy groups -OCH3 is 4. The maximum absolute atomic E-state index is 15.2. The van der Waals surface area contributed by atoms with Crippen LogP contribution in [0.15, 0.2) is 74.2 Å². The molecule has 3 amide bonds. The first-order valence-electron chi connectivity index (χ1n) is 23.0. The average molecular weight is 953 g/mol. The average Bonchev–Trinajstić information content (AvgIpc) is 3.32. The van der Waals surface area contributed by atoms with Crippen molar-refractivity contribution in [3.63, 3.8) is 0 Å². The fraction of sp³-hybridized carbons (Fsp3) is 0.346. The molecule has 0 saturated carbocycles. The minimum atomic E-state index is -1.03. The van der Waals surface area contributed by atoms with Gasteiger partial charge in [-0.25, -0.2) is 24.4 Å². The summed E-state index contributed by atoms with van der Waals surface area (Å²) in [6.07, 6.45) is 0.371. The monoisotopic (exact) mass is 952 g/mol. The number of hydrogen-bond donors (Lipinski definition) is 3. The van der Waals surface area contributed by atoms with Crippen molar-refractivity contribution in [2.45, 2.75) is 86.7 Å². The van der Waals surface area contributed by atoms with Crippen LogP contribution in [0.25, 0.3) is 22.5 Å². The zero-order valence-electron chi connectivity index (χ0n) is 41.4. The Morgan fingerprint density at radius 1 is 0.700 bits per heavy atom. The number of urea groups is 1. The molecule has 0 spiro atoms. The molecule has 0 radical (unpaired) electrons. The summed E-state index contributed by atoms with van der Waals surface area (Å²) in [4.78, 5) is 68.3. The second kappa shape index (κ2) is 19.6. The Morgan fingerprint density at radius 2 is 1.19 bits per heavy atom. The van der Waals surface area contributed by atoms with E-state index in [1.165, 1.54) is 16.6 Å². The van der Waals surface area contributed by atoms with Gasteiger partial charge in [-0.1, -0.05) is 35.4 Å². The predicted molar refractivity (Wildman–Crippen MR) is 268 cm³/mol. The zero-order chi connectivity index (χ0) is 50.3. The molecule has 0 bridgehead atoms. The highest BCUT2D eigenvalue weighted by atomic mass is 16.5. The van der Waals surface area contributed by atoms with Gasteiger partial charge in [0.15, 0.2) is 28.5 Å². The Morgan fingerprint density at radius 3 is 1.71 bits per heavy atom. The third-order valence-electron chi connectivity index (χ3n) is 13.1. The molecule has 5 N–H and O–H groups in total. The molecule has 4 aromatic carbocycles. The summed E-state index contributed by atoms with van der Waals surface area (Å²) in [5.74, 6) is 1.97. The maximum Gasteiger partial charge on any atom is 0.330 e. The number of nitrogens with two attached hydrogens (primary N) is 2. The smallest absolute Gasteiger partial charge is 0.330 e. The third-order valence-corrected chi connectivity index (χ3v) is 13.1. The number of benzene rings is 4. The standard InChI is InChI=1S/C52H60N10O8/c1-28-17-30(3)45(31(4)18-28)56-44-25-38-36-23-41(69-9)39(67-7)21-34(36)11-13-58(38)51(65)59(44)15-16-60(50(54)64)48-47-37-24-42(70-10)40(68-8)22-35(37)12-14-61(47)52(66)62(26-43(53)55-27-63)49(48)57-46-32(5)19-29(2)20-33(46)6/h17-25,27,43H,11-16,26,53H2,1-10H3,(H2,54,64)(H,55,63)/b56-44+,57-49?/t43-/m1/s1. The van der Waals surface area contributed by atoms with Gasteiger partial charge in [0.2, 0.25) is 6.41 Å². The van der Waals surface area contributed by atoms with Crippen LogP contribution in [0.3, 0.4) is 0 Å². The van der Waals surface area contributed by atoms with E-state index >= 15 is 9.59 Å². The Labute approximate surface area is 405 Å². The molecule has 1 atom stereocenters. The lowest BCUT2D eigenvalue weighted by Crippen LogP contribution is -2.53. The van der Waals surface area contributed by atoms with Gasteiger partial charge in [0.25, 0.3) is 0 Å². The Hall–Kier alpha value is -7.86. The number of anilines is 1. The highest BCUT2D eigenvalue weighted by Crippen LogP contribution is 2.42. The SMILES string of the molecule is COc1cc2c(cc1OC)-c1c(N(CCn3c(=O)n4c(c/c3=N\c3c(C)cc(C)cc3C)-c3cc(OC)c(OC)cc3CC4)C(N)=O)c(=Nc3c(C)cc(C)cc3C)n(C[C@H](N)NC=O)c(=O)n1CC2. The number of fused-ring (bicyclic) bond motifs is 6. The van der Waals surface area contributed by atoms with Gasteiger partial charge < -0.3 is 35.7 Å². The molecule has 2 aliphatic heterocycles. The molecule has 18 heteroatoms. The molecule has 18 nitrogen and oxygen atoms in total.